The maximum absolute atomic E-state index is 13.2. The third kappa shape index (κ3) is 4.46. The van der Waals surface area contributed by atoms with E-state index in [1.807, 2.05) is 62.1 Å². The predicted molar refractivity (Wildman–Crippen MR) is 115 cm³/mol. The Kier molecular flexibility index (Phi) is 6.90. The van der Waals surface area contributed by atoms with Crippen LogP contribution in [0.4, 0.5) is 0 Å². The lowest BCUT2D eigenvalue weighted by atomic mass is 10.1. The average Bonchev–Trinajstić information content (AvgIpc) is 2.72. The fraction of sp³-hybridized carbons (Fsp3) is 0.409. The largest absolute Gasteiger partial charge is 0.494 e. The minimum absolute atomic E-state index is 0.00412. The van der Waals surface area contributed by atoms with Gasteiger partial charge in [-0.2, -0.15) is 0 Å². The summed E-state index contributed by atoms with van der Waals surface area (Å²) >= 11 is 0. The minimum atomic E-state index is 0.00412. The van der Waals surface area contributed by atoms with Crippen molar-refractivity contribution in [1.29, 1.82) is 0 Å². The van der Waals surface area contributed by atoms with Gasteiger partial charge in [-0.3, -0.25) is 4.79 Å². The van der Waals surface area contributed by atoms with Crippen LogP contribution in [-0.2, 0) is 7.05 Å². The molecule has 0 bridgehead atoms. The molecule has 2 aromatic carbocycles. The molecule has 3 rings (SSSR count). The normalized spacial score (nSPS) is 11.2. The Bertz CT molecular complexity index is 922. The third-order valence-electron chi connectivity index (χ3n) is 4.83. The van der Waals surface area contributed by atoms with Crippen molar-refractivity contribution in [3.63, 3.8) is 0 Å². The molecule has 6 nitrogen and oxygen atoms in total. The van der Waals surface area contributed by atoms with Crippen molar-refractivity contribution in [3.05, 3.63) is 46.6 Å². The molecule has 0 unspecified atom stereocenters. The number of pyridine rings is 1. The van der Waals surface area contributed by atoms with Gasteiger partial charge in [0.2, 0.25) is 0 Å². The summed E-state index contributed by atoms with van der Waals surface area (Å²) < 4.78 is 13.7. The van der Waals surface area contributed by atoms with Gasteiger partial charge in [-0.15, -0.1) is 0 Å². The molecule has 6 heteroatoms. The van der Waals surface area contributed by atoms with Crippen LogP contribution in [0.15, 0.2) is 41.2 Å². The number of nitrogens with zero attached hydrogens (tertiary/aromatic N) is 1. The number of nitrogens with one attached hydrogen (secondary N) is 2. The molecule has 3 aromatic rings. The smallest absolute Gasteiger partial charge is 0.197 e. The first-order valence-electron chi connectivity index (χ1n) is 9.77. The first-order valence-corrected chi connectivity index (χ1v) is 9.77. The summed E-state index contributed by atoms with van der Waals surface area (Å²) in [6, 6.07) is 11.4. The Labute approximate surface area is 165 Å². The standard InChI is InChI=1S/C22H29N3O3/c1-23-10-4-12-27-16-6-8-20-18(14-16)22(26)19-15-17(28-13-5-11-24-2)7-9-21(19)25(20)3/h6-9,14-15,23-24H,4-5,10-13H2,1-3H3. The van der Waals surface area contributed by atoms with E-state index in [2.05, 4.69) is 10.6 Å². The van der Waals surface area contributed by atoms with Crippen molar-refractivity contribution in [1.82, 2.24) is 15.2 Å². The van der Waals surface area contributed by atoms with Gasteiger partial charge in [-0.25, -0.2) is 0 Å². The van der Waals surface area contributed by atoms with Gasteiger partial charge in [-0.1, -0.05) is 0 Å². The summed E-state index contributed by atoms with van der Waals surface area (Å²) in [5, 5.41) is 7.52. The van der Waals surface area contributed by atoms with E-state index in [1.54, 1.807) is 0 Å². The van der Waals surface area contributed by atoms with Crippen LogP contribution < -0.4 is 25.5 Å². The number of rotatable bonds is 10. The van der Waals surface area contributed by atoms with Crippen molar-refractivity contribution >= 4 is 21.8 Å². The van der Waals surface area contributed by atoms with E-state index >= 15 is 0 Å². The lowest BCUT2D eigenvalue weighted by molar-refractivity contribution is 0.310. The van der Waals surface area contributed by atoms with Crippen molar-refractivity contribution in [2.24, 2.45) is 7.05 Å². The number of benzene rings is 2. The fourth-order valence-electron chi connectivity index (χ4n) is 3.31. The minimum Gasteiger partial charge on any atom is -0.494 e. The highest BCUT2D eigenvalue weighted by atomic mass is 16.5. The van der Waals surface area contributed by atoms with Crippen LogP contribution in [0.1, 0.15) is 12.8 Å². The maximum Gasteiger partial charge on any atom is 0.197 e. The van der Waals surface area contributed by atoms with Crippen LogP contribution in [0, 0.1) is 0 Å². The summed E-state index contributed by atoms with van der Waals surface area (Å²) in [6.45, 7) is 3.03. The van der Waals surface area contributed by atoms with Gasteiger partial charge in [0.25, 0.3) is 0 Å². The second kappa shape index (κ2) is 9.57. The van der Waals surface area contributed by atoms with E-state index in [1.165, 1.54) is 0 Å². The summed E-state index contributed by atoms with van der Waals surface area (Å²) in [6.07, 6.45) is 1.83. The molecular weight excluding hydrogens is 354 g/mol. The van der Waals surface area contributed by atoms with Crippen LogP contribution in [-0.4, -0.2) is 45.0 Å². The second-order valence-electron chi connectivity index (χ2n) is 6.86. The molecule has 1 aromatic heterocycles. The monoisotopic (exact) mass is 383 g/mol. The van der Waals surface area contributed by atoms with E-state index < -0.39 is 0 Å². The number of hydrogen-bond acceptors (Lipinski definition) is 5. The topological polar surface area (TPSA) is 64.5 Å². The number of aromatic nitrogens is 1. The van der Waals surface area contributed by atoms with Crippen molar-refractivity contribution < 1.29 is 9.47 Å². The van der Waals surface area contributed by atoms with Gasteiger partial charge in [0.05, 0.1) is 24.2 Å². The van der Waals surface area contributed by atoms with Crippen LogP contribution in [0.3, 0.4) is 0 Å². The predicted octanol–water partition coefficient (Wildman–Crippen LogP) is 2.67. The molecule has 0 aliphatic carbocycles. The second-order valence-corrected chi connectivity index (χ2v) is 6.86. The number of aryl methyl sites for hydroxylation is 1. The Balaban J connectivity index is 1.93. The van der Waals surface area contributed by atoms with Gasteiger partial charge in [0.15, 0.2) is 5.43 Å². The molecule has 0 aliphatic heterocycles. The van der Waals surface area contributed by atoms with Crippen molar-refractivity contribution in [2.75, 3.05) is 40.4 Å². The maximum atomic E-state index is 13.2. The summed E-state index contributed by atoms with van der Waals surface area (Å²) in [5.41, 5.74) is 1.79. The van der Waals surface area contributed by atoms with E-state index in [0.29, 0.717) is 24.0 Å². The highest BCUT2D eigenvalue weighted by Crippen LogP contribution is 2.25. The van der Waals surface area contributed by atoms with Crippen LogP contribution in [0.5, 0.6) is 11.5 Å². The van der Waals surface area contributed by atoms with Crippen molar-refractivity contribution in [3.8, 4) is 11.5 Å². The molecule has 150 valence electrons. The fourth-order valence-corrected chi connectivity index (χ4v) is 3.31. The first kappa shape index (κ1) is 20.2. The molecule has 0 radical (unpaired) electrons. The zero-order chi connectivity index (χ0) is 19.9. The lowest BCUT2D eigenvalue weighted by Gasteiger charge is -2.13. The first-order chi connectivity index (χ1) is 13.7. The van der Waals surface area contributed by atoms with E-state index in [4.69, 9.17) is 9.47 Å². The highest BCUT2D eigenvalue weighted by Gasteiger charge is 2.11. The average molecular weight is 383 g/mol. The number of hydrogen-bond donors (Lipinski definition) is 2. The molecule has 0 fully saturated rings. The van der Waals surface area contributed by atoms with E-state index in [0.717, 1.165) is 48.5 Å². The molecule has 2 N–H and O–H groups in total. The molecule has 0 saturated heterocycles. The molecule has 0 saturated carbocycles. The summed E-state index contributed by atoms with van der Waals surface area (Å²) in [5.74, 6) is 1.44. The quantitative estimate of drug-likeness (QED) is 0.416. The molecule has 0 aliphatic rings. The molecule has 0 atom stereocenters. The lowest BCUT2D eigenvalue weighted by Crippen LogP contribution is -2.13. The highest BCUT2D eigenvalue weighted by molar-refractivity contribution is 5.94. The third-order valence-corrected chi connectivity index (χ3v) is 4.83. The molecule has 28 heavy (non-hydrogen) atoms. The number of fused-ring (bicyclic) bond motifs is 2. The summed E-state index contributed by atoms with van der Waals surface area (Å²) in [7, 11) is 5.82. The Morgan fingerprint density at radius 1 is 0.821 bits per heavy atom. The van der Waals surface area contributed by atoms with Gasteiger partial charge in [-0.05, 0) is 76.4 Å². The van der Waals surface area contributed by atoms with Gasteiger partial charge >= 0.3 is 0 Å². The van der Waals surface area contributed by atoms with Gasteiger partial charge in [0.1, 0.15) is 11.5 Å². The molecule has 0 spiro atoms. The van der Waals surface area contributed by atoms with Crippen LogP contribution in [0.25, 0.3) is 21.8 Å². The Morgan fingerprint density at radius 2 is 1.29 bits per heavy atom. The zero-order valence-corrected chi connectivity index (χ0v) is 16.9. The Hall–Kier alpha value is -2.57. The van der Waals surface area contributed by atoms with E-state index in [9.17, 15) is 4.79 Å². The summed E-state index contributed by atoms with van der Waals surface area (Å²) in [4.78, 5) is 13.2. The Morgan fingerprint density at radius 3 is 1.71 bits per heavy atom. The molecule has 0 amide bonds. The zero-order valence-electron chi connectivity index (χ0n) is 16.9. The molecular formula is C22H29N3O3. The number of ether oxygens (including phenoxy) is 2. The van der Waals surface area contributed by atoms with Crippen LogP contribution >= 0.6 is 0 Å². The molecule has 1 heterocycles. The van der Waals surface area contributed by atoms with Gasteiger partial charge in [0, 0.05) is 17.8 Å². The van der Waals surface area contributed by atoms with Crippen LogP contribution in [0.2, 0.25) is 0 Å². The van der Waals surface area contributed by atoms with Gasteiger partial charge < -0.3 is 24.7 Å². The van der Waals surface area contributed by atoms with E-state index in [-0.39, 0.29) is 5.43 Å². The van der Waals surface area contributed by atoms with Crippen molar-refractivity contribution in [2.45, 2.75) is 12.8 Å². The SMILES string of the molecule is CNCCCOc1ccc2c(c1)c(=O)c1cc(OCCCNC)ccc1n2C.